The number of nitrogens with zero attached hydrogens (tertiary/aromatic N) is 1. The van der Waals surface area contributed by atoms with E-state index < -0.39 is 0 Å². The van der Waals surface area contributed by atoms with Crippen molar-refractivity contribution in [3.8, 4) is 0 Å². The molecule has 0 atom stereocenters. The van der Waals surface area contributed by atoms with Crippen LogP contribution in [0.15, 0.2) is 18.2 Å². The van der Waals surface area contributed by atoms with Crippen molar-refractivity contribution in [2.24, 2.45) is 0 Å². The monoisotopic (exact) mass is 248 g/mol. The Labute approximate surface area is 112 Å². The number of hydrogen-bond acceptors (Lipinski definition) is 2. The molecule has 1 rings (SSSR count). The predicted octanol–water partition coefficient (Wildman–Crippen LogP) is 3.73. The van der Waals surface area contributed by atoms with Crippen LogP contribution in [0, 0.1) is 6.92 Å². The Kier molecular flexibility index (Phi) is 5.21. The van der Waals surface area contributed by atoms with Gasteiger partial charge in [-0.05, 0) is 53.2 Å². The molecule has 0 bridgehead atoms. The quantitative estimate of drug-likeness (QED) is 0.854. The maximum atomic E-state index is 3.58. The normalized spacial score (nSPS) is 11.7. The first-order chi connectivity index (χ1) is 8.37. The lowest BCUT2D eigenvalue weighted by Crippen LogP contribution is -2.35. The van der Waals surface area contributed by atoms with Crippen molar-refractivity contribution in [2.45, 2.75) is 53.6 Å². The van der Waals surface area contributed by atoms with E-state index in [1.54, 1.807) is 0 Å². The number of rotatable bonds is 5. The van der Waals surface area contributed by atoms with E-state index in [9.17, 15) is 0 Å². The first-order valence-electron chi connectivity index (χ1n) is 6.97. The topological polar surface area (TPSA) is 15.3 Å². The summed E-state index contributed by atoms with van der Waals surface area (Å²) < 4.78 is 0. The smallest absolute Gasteiger partial charge is 0.0411 e. The van der Waals surface area contributed by atoms with Crippen LogP contribution in [0.25, 0.3) is 0 Å². The van der Waals surface area contributed by atoms with Gasteiger partial charge in [-0.3, -0.25) is 0 Å². The van der Waals surface area contributed by atoms with Crippen LogP contribution in [0.3, 0.4) is 0 Å². The maximum absolute atomic E-state index is 3.58. The molecule has 0 saturated carbocycles. The van der Waals surface area contributed by atoms with E-state index >= 15 is 0 Å². The highest BCUT2D eigenvalue weighted by Gasteiger charge is 2.12. The fraction of sp³-hybridized carbons (Fsp3) is 0.625. The standard InChI is InChI=1S/C16H28N2/c1-7-18(8-2)15-10-9-13(3)11-14(15)12-17-16(4,5)6/h9-11,17H,7-8,12H2,1-6H3. The van der Waals surface area contributed by atoms with Crippen LogP contribution in [0.2, 0.25) is 0 Å². The molecule has 0 aliphatic carbocycles. The highest BCUT2D eigenvalue weighted by Crippen LogP contribution is 2.22. The number of benzene rings is 1. The zero-order valence-corrected chi connectivity index (χ0v) is 12.8. The van der Waals surface area contributed by atoms with E-state index in [0.29, 0.717) is 0 Å². The third-order valence-electron chi connectivity index (χ3n) is 3.15. The molecular formula is C16H28N2. The van der Waals surface area contributed by atoms with Gasteiger partial charge in [-0.2, -0.15) is 0 Å². The molecule has 102 valence electrons. The molecule has 0 spiro atoms. The van der Waals surface area contributed by atoms with Gasteiger partial charge in [0.2, 0.25) is 0 Å². The van der Waals surface area contributed by atoms with E-state index in [-0.39, 0.29) is 5.54 Å². The molecule has 0 unspecified atom stereocenters. The van der Waals surface area contributed by atoms with Crippen molar-refractivity contribution in [1.29, 1.82) is 0 Å². The van der Waals surface area contributed by atoms with Gasteiger partial charge in [0.05, 0.1) is 0 Å². The van der Waals surface area contributed by atoms with E-state index in [2.05, 4.69) is 70.0 Å². The SMILES string of the molecule is CCN(CC)c1ccc(C)cc1CNC(C)(C)C. The third-order valence-corrected chi connectivity index (χ3v) is 3.15. The molecule has 0 amide bonds. The molecule has 1 aromatic rings. The molecule has 0 heterocycles. The van der Waals surface area contributed by atoms with Crippen LogP contribution in [0.1, 0.15) is 45.7 Å². The molecule has 0 aliphatic rings. The molecule has 2 heteroatoms. The summed E-state index contributed by atoms with van der Waals surface area (Å²) in [6.07, 6.45) is 0. The molecule has 0 aliphatic heterocycles. The van der Waals surface area contributed by atoms with Crippen LogP contribution in [-0.2, 0) is 6.54 Å². The summed E-state index contributed by atoms with van der Waals surface area (Å²) in [6, 6.07) is 6.75. The van der Waals surface area contributed by atoms with Crippen molar-refractivity contribution in [1.82, 2.24) is 5.32 Å². The van der Waals surface area contributed by atoms with Gasteiger partial charge in [0.25, 0.3) is 0 Å². The van der Waals surface area contributed by atoms with E-state index in [1.807, 2.05) is 0 Å². The second kappa shape index (κ2) is 6.24. The number of nitrogens with one attached hydrogen (secondary N) is 1. The summed E-state index contributed by atoms with van der Waals surface area (Å²) in [6.45, 7) is 16.3. The number of anilines is 1. The molecule has 2 nitrogen and oxygen atoms in total. The molecular weight excluding hydrogens is 220 g/mol. The average molecular weight is 248 g/mol. The maximum Gasteiger partial charge on any atom is 0.0411 e. The molecule has 0 fully saturated rings. The summed E-state index contributed by atoms with van der Waals surface area (Å²) in [5.41, 5.74) is 4.25. The fourth-order valence-corrected chi connectivity index (χ4v) is 2.09. The number of hydrogen-bond donors (Lipinski definition) is 1. The Morgan fingerprint density at radius 3 is 2.22 bits per heavy atom. The van der Waals surface area contributed by atoms with Crippen LogP contribution in [-0.4, -0.2) is 18.6 Å². The molecule has 0 saturated heterocycles. The Balaban J connectivity index is 2.96. The zero-order chi connectivity index (χ0) is 13.8. The van der Waals surface area contributed by atoms with Crippen molar-refractivity contribution in [3.05, 3.63) is 29.3 Å². The van der Waals surface area contributed by atoms with Crippen LogP contribution >= 0.6 is 0 Å². The van der Waals surface area contributed by atoms with Crippen LogP contribution < -0.4 is 10.2 Å². The molecule has 0 radical (unpaired) electrons. The Morgan fingerprint density at radius 1 is 1.11 bits per heavy atom. The van der Waals surface area contributed by atoms with Gasteiger partial charge in [0.15, 0.2) is 0 Å². The second-order valence-corrected chi connectivity index (χ2v) is 5.91. The lowest BCUT2D eigenvalue weighted by atomic mass is 10.1. The minimum atomic E-state index is 0.157. The lowest BCUT2D eigenvalue weighted by molar-refractivity contribution is 0.424. The first-order valence-corrected chi connectivity index (χ1v) is 6.97. The van der Waals surface area contributed by atoms with Gasteiger partial charge in [-0.25, -0.2) is 0 Å². The van der Waals surface area contributed by atoms with E-state index in [0.717, 1.165) is 19.6 Å². The van der Waals surface area contributed by atoms with Crippen LogP contribution in [0.5, 0.6) is 0 Å². The average Bonchev–Trinajstić information content (AvgIpc) is 2.29. The van der Waals surface area contributed by atoms with E-state index in [1.165, 1.54) is 16.8 Å². The van der Waals surface area contributed by atoms with Crippen molar-refractivity contribution in [2.75, 3.05) is 18.0 Å². The van der Waals surface area contributed by atoms with Gasteiger partial charge in [0.1, 0.15) is 0 Å². The Hall–Kier alpha value is -1.02. The van der Waals surface area contributed by atoms with Crippen molar-refractivity contribution < 1.29 is 0 Å². The predicted molar refractivity (Wildman–Crippen MR) is 81.3 cm³/mol. The van der Waals surface area contributed by atoms with Crippen molar-refractivity contribution >= 4 is 5.69 Å². The highest BCUT2D eigenvalue weighted by atomic mass is 15.1. The molecule has 0 aromatic heterocycles. The summed E-state index contributed by atoms with van der Waals surface area (Å²) in [5.74, 6) is 0. The number of aryl methyl sites for hydroxylation is 1. The molecule has 18 heavy (non-hydrogen) atoms. The minimum Gasteiger partial charge on any atom is -0.372 e. The zero-order valence-electron chi connectivity index (χ0n) is 12.8. The van der Waals surface area contributed by atoms with Gasteiger partial charge in [0, 0.05) is 30.9 Å². The highest BCUT2D eigenvalue weighted by molar-refractivity contribution is 5.55. The van der Waals surface area contributed by atoms with Gasteiger partial charge in [-0.15, -0.1) is 0 Å². The van der Waals surface area contributed by atoms with E-state index in [4.69, 9.17) is 0 Å². The summed E-state index contributed by atoms with van der Waals surface area (Å²) in [4.78, 5) is 2.42. The Bertz CT molecular complexity index is 373. The largest absolute Gasteiger partial charge is 0.372 e. The molecule has 1 aromatic carbocycles. The minimum absolute atomic E-state index is 0.157. The van der Waals surface area contributed by atoms with Gasteiger partial charge < -0.3 is 10.2 Å². The summed E-state index contributed by atoms with van der Waals surface area (Å²) in [7, 11) is 0. The van der Waals surface area contributed by atoms with Crippen LogP contribution in [0.4, 0.5) is 5.69 Å². The third kappa shape index (κ3) is 4.34. The first kappa shape index (κ1) is 15.0. The van der Waals surface area contributed by atoms with Crippen molar-refractivity contribution in [3.63, 3.8) is 0 Å². The van der Waals surface area contributed by atoms with Gasteiger partial charge in [-0.1, -0.05) is 17.7 Å². The van der Waals surface area contributed by atoms with Gasteiger partial charge >= 0.3 is 0 Å². The lowest BCUT2D eigenvalue weighted by Gasteiger charge is -2.27. The summed E-state index contributed by atoms with van der Waals surface area (Å²) >= 11 is 0. The fourth-order valence-electron chi connectivity index (χ4n) is 2.09. The summed E-state index contributed by atoms with van der Waals surface area (Å²) in [5, 5.41) is 3.58. The second-order valence-electron chi connectivity index (χ2n) is 5.91. The Morgan fingerprint density at radius 2 is 1.72 bits per heavy atom. The molecule has 1 N–H and O–H groups in total.